The maximum atomic E-state index is 12.2. The molecule has 1 aromatic rings. The van der Waals surface area contributed by atoms with Crippen molar-refractivity contribution in [2.45, 2.75) is 56.8 Å². The summed E-state index contributed by atoms with van der Waals surface area (Å²) in [6.07, 6.45) is 4.67. The van der Waals surface area contributed by atoms with Crippen molar-refractivity contribution in [3.63, 3.8) is 0 Å². The molecule has 0 unspecified atom stereocenters. The Morgan fingerprint density at radius 3 is 2.43 bits per heavy atom. The Labute approximate surface area is 174 Å². The lowest BCUT2D eigenvalue weighted by Crippen LogP contribution is -2.53. The van der Waals surface area contributed by atoms with Crippen molar-refractivity contribution < 1.29 is 19.4 Å². The summed E-state index contributed by atoms with van der Waals surface area (Å²) >= 11 is 11.9. The third kappa shape index (κ3) is 5.60. The molecule has 1 saturated heterocycles. The zero-order valence-electron chi connectivity index (χ0n) is 15.6. The third-order valence-corrected chi connectivity index (χ3v) is 5.91. The highest BCUT2D eigenvalue weighted by molar-refractivity contribution is 6.35. The summed E-state index contributed by atoms with van der Waals surface area (Å²) in [5.41, 5.74) is 0.411. The van der Waals surface area contributed by atoms with Crippen molar-refractivity contribution >= 4 is 35.0 Å². The summed E-state index contributed by atoms with van der Waals surface area (Å²) in [5.74, 6) is -0.0546. The fourth-order valence-corrected chi connectivity index (χ4v) is 4.14. The van der Waals surface area contributed by atoms with E-state index in [1.807, 2.05) is 0 Å². The Morgan fingerprint density at radius 2 is 1.82 bits per heavy atom. The van der Waals surface area contributed by atoms with Crippen molar-refractivity contribution in [2.24, 2.45) is 5.92 Å². The van der Waals surface area contributed by atoms with E-state index in [1.165, 1.54) is 0 Å². The Kier molecular flexibility index (Phi) is 7.57. The summed E-state index contributed by atoms with van der Waals surface area (Å²) in [7, 11) is 0. The predicted octanol–water partition coefficient (Wildman–Crippen LogP) is 2.94. The molecular weight excluding hydrogens is 403 g/mol. The Hall–Kier alpha value is -1.34. The van der Waals surface area contributed by atoms with Gasteiger partial charge in [-0.3, -0.25) is 9.59 Å². The lowest BCUT2D eigenvalue weighted by molar-refractivity contribution is -0.134. The van der Waals surface area contributed by atoms with E-state index < -0.39 is 6.10 Å². The number of aliphatic hydroxyl groups is 1. The quantitative estimate of drug-likeness (QED) is 0.622. The summed E-state index contributed by atoms with van der Waals surface area (Å²) in [4.78, 5) is 24.4. The van der Waals surface area contributed by atoms with Crippen LogP contribution in [0.25, 0.3) is 0 Å². The van der Waals surface area contributed by atoms with Crippen LogP contribution in [0.3, 0.4) is 0 Å². The maximum absolute atomic E-state index is 12.2. The van der Waals surface area contributed by atoms with Gasteiger partial charge in [0.05, 0.1) is 18.8 Å². The smallest absolute Gasteiger partial charge is 0.251 e. The van der Waals surface area contributed by atoms with Gasteiger partial charge in [-0.05, 0) is 50.3 Å². The lowest BCUT2D eigenvalue weighted by atomic mass is 9.84. The average molecular weight is 429 g/mol. The van der Waals surface area contributed by atoms with Crippen LogP contribution in [-0.4, -0.2) is 48.3 Å². The number of nitrogens with one attached hydrogen (secondary N) is 2. The Balaban J connectivity index is 1.43. The van der Waals surface area contributed by atoms with Gasteiger partial charge < -0.3 is 20.5 Å². The second-order valence-electron chi connectivity index (χ2n) is 7.50. The molecule has 0 aromatic heterocycles. The van der Waals surface area contributed by atoms with Crippen LogP contribution in [0, 0.1) is 5.92 Å². The standard InChI is InChI=1S/C20H26Cl2N2O4/c21-14-8-13(9-15(22)10-14)19(26)23-7-6-16-4-5-17(18(11-25)28-16)24-20(27)12-2-1-3-12/h8-10,12,16-18,25H,1-7,11H2,(H,23,26)(H,24,27)/t16-,17-,18+/m0/s1. The highest BCUT2D eigenvalue weighted by Gasteiger charge is 2.34. The van der Waals surface area contributed by atoms with Crippen molar-refractivity contribution in [3.05, 3.63) is 33.8 Å². The van der Waals surface area contributed by atoms with E-state index in [0.29, 0.717) is 28.6 Å². The topological polar surface area (TPSA) is 87.7 Å². The molecule has 1 aliphatic heterocycles. The highest BCUT2D eigenvalue weighted by atomic mass is 35.5. The van der Waals surface area contributed by atoms with Gasteiger partial charge in [0, 0.05) is 28.1 Å². The van der Waals surface area contributed by atoms with E-state index in [9.17, 15) is 14.7 Å². The first-order valence-electron chi connectivity index (χ1n) is 9.77. The zero-order chi connectivity index (χ0) is 20.1. The van der Waals surface area contributed by atoms with E-state index in [4.69, 9.17) is 27.9 Å². The van der Waals surface area contributed by atoms with E-state index in [2.05, 4.69) is 10.6 Å². The summed E-state index contributed by atoms with van der Waals surface area (Å²) in [6, 6.07) is 4.55. The van der Waals surface area contributed by atoms with Gasteiger partial charge in [0.1, 0.15) is 6.10 Å². The minimum absolute atomic E-state index is 0.0720. The normalized spacial score (nSPS) is 25.0. The van der Waals surface area contributed by atoms with Crippen LogP contribution in [0.1, 0.15) is 48.9 Å². The fourth-order valence-electron chi connectivity index (χ4n) is 3.61. The number of hydrogen-bond acceptors (Lipinski definition) is 4. The number of halogens is 2. The van der Waals surface area contributed by atoms with Crippen LogP contribution >= 0.6 is 23.2 Å². The van der Waals surface area contributed by atoms with Crippen LogP contribution in [0.15, 0.2) is 18.2 Å². The average Bonchev–Trinajstić information content (AvgIpc) is 2.60. The van der Waals surface area contributed by atoms with Gasteiger partial charge in [0.25, 0.3) is 5.91 Å². The lowest BCUT2D eigenvalue weighted by Gasteiger charge is -2.37. The van der Waals surface area contributed by atoms with Crippen molar-refractivity contribution in [1.29, 1.82) is 0 Å². The molecular formula is C20H26Cl2N2O4. The molecule has 0 spiro atoms. The van der Waals surface area contributed by atoms with Crippen LogP contribution in [0.4, 0.5) is 0 Å². The van der Waals surface area contributed by atoms with Crippen molar-refractivity contribution in [2.75, 3.05) is 13.2 Å². The second-order valence-corrected chi connectivity index (χ2v) is 8.37. The summed E-state index contributed by atoms with van der Waals surface area (Å²) < 4.78 is 5.95. The summed E-state index contributed by atoms with van der Waals surface area (Å²) in [6.45, 7) is 0.296. The van der Waals surface area contributed by atoms with Gasteiger partial charge in [-0.25, -0.2) is 0 Å². The molecule has 2 aliphatic rings. The number of hydrogen-bond donors (Lipinski definition) is 3. The first-order chi connectivity index (χ1) is 13.5. The second kappa shape index (κ2) is 9.92. The SMILES string of the molecule is O=C(NCC[C@@H]1CC[C@H](NC(=O)C2CCC2)[C@@H](CO)O1)c1cc(Cl)cc(Cl)c1. The molecule has 1 heterocycles. The number of carbonyl (C=O) groups excluding carboxylic acids is 2. The van der Waals surface area contributed by atoms with Crippen LogP contribution in [-0.2, 0) is 9.53 Å². The number of ether oxygens (including phenoxy) is 1. The van der Waals surface area contributed by atoms with Gasteiger partial charge in [0.15, 0.2) is 0 Å². The number of rotatable bonds is 7. The first kappa shape index (κ1) is 21.4. The zero-order valence-corrected chi connectivity index (χ0v) is 17.1. The fraction of sp³-hybridized carbons (Fsp3) is 0.600. The minimum atomic E-state index is -0.412. The first-order valence-corrected chi connectivity index (χ1v) is 10.5. The maximum Gasteiger partial charge on any atom is 0.251 e. The molecule has 1 aromatic carbocycles. The molecule has 3 rings (SSSR count). The van der Waals surface area contributed by atoms with Crippen LogP contribution in [0.5, 0.6) is 0 Å². The van der Waals surface area contributed by atoms with Gasteiger partial charge in [-0.1, -0.05) is 29.6 Å². The molecule has 6 nitrogen and oxygen atoms in total. The molecule has 1 aliphatic carbocycles. The molecule has 2 amide bonds. The predicted molar refractivity (Wildman–Crippen MR) is 108 cm³/mol. The molecule has 1 saturated carbocycles. The monoisotopic (exact) mass is 428 g/mol. The minimum Gasteiger partial charge on any atom is -0.394 e. The van der Waals surface area contributed by atoms with Gasteiger partial charge >= 0.3 is 0 Å². The van der Waals surface area contributed by atoms with E-state index >= 15 is 0 Å². The molecule has 28 heavy (non-hydrogen) atoms. The molecule has 3 N–H and O–H groups in total. The van der Waals surface area contributed by atoms with Crippen LogP contribution < -0.4 is 10.6 Å². The molecule has 8 heteroatoms. The van der Waals surface area contributed by atoms with Crippen molar-refractivity contribution in [1.82, 2.24) is 10.6 Å². The van der Waals surface area contributed by atoms with Crippen molar-refractivity contribution in [3.8, 4) is 0 Å². The molecule has 0 bridgehead atoms. The largest absolute Gasteiger partial charge is 0.394 e. The third-order valence-electron chi connectivity index (χ3n) is 5.48. The van der Waals surface area contributed by atoms with Gasteiger partial charge in [-0.15, -0.1) is 0 Å². The molecule has 154 valence electrons. The highest BCUT2D eigenvalue weighted by Crippen LogP contribution is 2.28. The number of carbonyl (C=O) groups is 2. The van der Waals surface area contributed by atoms with Gasteiger partial charge in [0.2, 0.25) is 5.91 Å². The number of aliphatic hydroxyl groups excluding tert-OH is 1. The molecule has 2 fully saturated rings. The Morgan fingerprint density at radius 1 is 1.11 bits per heavy atom. The summed E-state index contributed by atoms with van der Waals surface area (Å²) in [5, 5.41) is 16.3. The number of amides is 2. The Bertz CT molecular complexity index is 691. The van der Waals surface area contributed by atoms with E-state index in [0.717, 1.165) is 32.1 Å². The molecule has 0 radical (unpaired) electrons. The van der Waals surface area contributed by atoms with Gasteiger partial charge in [-0.2, -0.15) is 0 Å². The van der Waals surface area contributed by atoms with E-state index in [-0.39, 0.29) is 36.5 Å². The number of benzene rings is 1. The van der Waals surface area contributed by atoms with Crippen LogP contribution in [0.2, 0.25) is 10.0 Å². The molecule has 3 atom stereocenters. The van der Waals surface area contributed by atoms with E-state index in [1.54, 1.807) is 18.2 Å².